The fourth-order valence-electron chi connectivity index (χ4n) is 3.20. The maximum absolute atomic E-state index is 12.9. The Balaban J connectivity index is 1.45. The highest BCUT2D eigenvalue weighted by Gasteiger charge is 2.22. The van der Waals surface area contributed by atoms with E-state index in [4.69, 9.17) is 11.6 Å². The monoisotopic (exact) mass is 471 g/mol. The minimum atomic E-state index is -0.100. The molecule has 4 rings (SSSR count). The van der Waals surface area contributed by atoms with Crippen molar-refractivity contribution in [1.29, 1.82) is 0 Å². The number of thioether (sulfide) groups is 1. The molecule has 0 unspecified atom stereocenters. The van der Waals surface area contributed by atoms with Crippen molar-refractivity contribution in [3.8, 4) is 11.4 Å². The summed E-state index contributed by atoms with van der Waals surface area (Å²) in [5, 5.41) is 10.9. The van der Waals surface area contributed by atoms with Gasteiger partial charge in [0, 0.05) is 24.2 Å². The molecule has 0 aliphatic heterocycles. The van der Waals surface area contributed by atoms with Gasteiger partial charge in [-0.15, -0.1) is 21.5 Å². The van der Waals surface area contributed by atoms with E-state index in [9.17, 15) is 4.79 Å². The van der Waals surface area contributed by atoms with Gasteiger partial charge in [0.2, 0.25) is 5.91 Å². The molecule has 31 heavy (non-hydrogen) atoms. The van der Waals surface area contributed by atoms with Crippen LogP contribution in [0.3, 0.4) is 0 Å². The van der Waals surface area contributed by atoms with Gasteiger partial charge < -0.3 is 9.47 Å². The molecule has 1 atom stereocenters. The van der Waals surface area contributed by atoms with E-state index in [1.165, 1.54) is 11.8 Å². The zero-order chi connectivity index (χ0) is 22.0. The van der Waals surface area contributed by atoms with E-state index >= 15 is 0 Å². The Kier molecular flexibility index (Phi) is 6.60. The number of thiazole rings is 1. The van der Waals surface area contributed by atoms with Crippen molar-refractivity contribution in [3.05, 3.63) is 58.6 Å². The lowest BCUT2D eigenvalue weighted by Crippen LogP contribution is -2.31. The highest BCUT2D eigenvalue weighted by atomic mass is 35.5. The predicted octanol–water partition coefficient (Wildman–Crippen LogP) is 5.54. The summed E-state index contributed by atoms with van der Waals surface area (Å²) in [7, 11) is 1.82. The molecule has 0 saturated carbocycles. The average Bonchev–Trinajstić information content (AvgIpc) is 3.40. The topological polar surface area (TPSA) is 63.9 Å². The maximum Gasteiger partial charge on any atom is 0.233 e. The van der Waals surface area contributed by atoms with Crippen LogP contribution in [-0.2, 0) is 11.3 Å². The van der Waals surface area contributed by atoms with Crippen LogP contribution in [0.25, 0.3) is 21.6 Å². The van der Waals surface area contributed by atoms with Gasteiger partial charge in [-0.05, 0) is 38.1 Å². The largest absolute Gasteiger partial charge is 0.336 e. The molecule has 4 aromatic rings. The molecule has 9 heteroatoms. The van der Waals surface area contributed by atoms with Crippen LogP contribution in [0, 0.1) is 0 Å². The lowest BCUT2D eigenvalue weighted by molar-refractivity contribution is -0.128. The SMILES string of the molecule is CCn1c(SCC(=O)N(C)[C@@H](C)c2nc3ccccc3s2)nnc1-c1cccc(Cl)c1. The lowest BCUT2D eigenvalue weighted by atomic mass is 10.2. The summed E-state index contributed by atoms with van der Waals surface area (Å²) in [5.41, 5.74) is 1.87. The number of hydrogen-bond donors (Lipinski definition) is 0. The number of rotatable bonds is 7. The molecule has 0 N–H and O–H groups in total. The number of hydrogen-bond acceptors (Lipinski definition) is 6. The molecular formula is C22H22ClN5OS2. The number of aromatic nitrogens is 4. The molecule has 0 fully saturated rings. The standard InChI is InChI=1S/C22H22ClN5OS2/c1-4-28-20(15-8-7-9-16(23)12-15)25-26-22(28)30-13-19(29)27(3)14(2)21-24-17-10-5-6-11-18(17)31-21/h5-12,14H,4,13H2,1-3H3/t14-/m0/s1. The van der Waals surface area contributed by atoms with Gasteiger partial charge in [0.05, 0.1) is 22.0 Å². The van der Waals surface area contributed by atoms with Crippen LogP contribution in [0.4, 0.5) is 0 Å². The third kappa shape index (κ3) is 4.61. The molecule has 2 aromatic heterocycles. The Bertz CT molecular complexity index is 1190. The minimum absolute atomic E-state index is 0.0201. The molecule has 0 saturated heterocycles. The number of nitrogens with zero attached hydrogens (tertiary/aromatic N) is 5. The number of para-hydroxylation sites is 1. The highest BCUT2D eigenvalue weighted by Crippen LogP contribution is 2.30. The number of carbonyl (C=O) groups is 1. The summed E-state index contributed by atoms with van der Waals surface area (Å²) in [4.78, 5) is 19.3. The van der Waals surface area contributed by atoms with Crippen molar-refractivity contribution >= 4 is 50.8 Å². The zero-order valence-corrected chi connectivity index (χ0v) is 19.8. The number of halogens is 1. The van der Waals surface area contributed by atoms with Crippen LogP contribution in [0.15, 0.2) is 53.7 Å². The van der Waals surface area contributed by atoms with E-state index < -0.39 is 0 Å². The fourth-order valence-corrected chi connectivity index (χ4v) is 5.38. The molecule has 0 bridgehead atoms. The van der Waals surface area contributed by atoms with Gasteiger partial charge in [-0.25, -0.2) is 4.98 Å². The van der Waals surface area contributed by atoms with Crippen LogP contribution in [0.1, 0.15) is 24.9 Å². The summed E-state index contributed by atoms with van der Waals surface area (Å²) < 4.78 is 3.13. The van der Waals surface area contributed by atoms with Crippen molar-refractivity contribution in [1.82, 2.24) is 24.6 Å². The first-order valence-electron chi connectivity index (χ1n) is 9.91. The van der Waals surface area contributed by atoms with E-state index in [1.807, 2.05) is 67.9 Å². The lowest BCUT2D eigenvalue weighted by Gasteiger charge is -2.23. The Labute approximate surface area is 194 Å². The van der Waals surface area contributed by atoms with Gasteiger partial charge in [-0.1, -0.05) is 47.6 Å². The van der Waals surface area contributed by atoms with Gasteiger partial charge in [0.1, 0.15) is 5.01 Å². The van der Waals surface area contributed by atoms with Crippen molar-refractivity contribution in [2.45, 2.75) is 31.6 Å². The molecular weight excluding hydrogens is 450 g/mol. The van der Waals surface area contributed by atoms with Crippen molar-refractivity contribution < 1.29 is 4.79 Å². The minimum Gasteiger partial charge on any atom is -0.336 e. The summed E-state index contributed by atoms with van der Waals surface area (Å²) in [6.45, 7) is 4.74. The van der Waals surface area contributed by atoms with E-state index in [0.717, 1.165) is 26.6 Å². The molecule has 1 amide bonds. The number of benzene rings is 2. The summed E-state index contributed by atoms with van der Waals surface area (Å²) in [6, 6.07) is 15.5. The number of amides is 1. The van der Waals surface area contributed by atoms with E-state index in [0.29, 0.717) is 16.7 Å². The second-order valence-corrected chi connectivity index (χ2v) is 9.49. The fraction of sp³-hybridized carbons (Fsp3) is 0.273. The Morgan fingerprint density at radius 2 is 2.03 bits per heavy atom. The first-order valence-corrected chi connectivity index (χ1v) is 12.1. The molecule has 0 radical (unpaired) electrons. The molecule has 160 valence electrons. The van der Waals surface area contributed by atoms with E-state index in [1.54, 1.807) is 16.2 Å². The van der Waals surface area contributed by atoms with Gasteiger partial charge in [-0.2, -0.15) is 0 Å². The van der Waals surface area contributed by atoms with Crippen molar-refractivity contribution in [2.24, 2.45) is 0 Å². The highest BCUT2D eigenvalue weighted by molar-refractivity contribution is 7.99. The van der Waals surface area contributed by atoms with Gasteiger partial charge in [-0.3, -0.25) is 4.79 Å². The van der Waals surface area contributed by atoms with Gasteiger partial charge in [0.15, 0.2) is 11.0 Å². The maximum atomic E-state index is 12.9. The van der Waals surface area contributed by atoms with Crippen molar-refractivity contribution in [2.75, 3.05) is 12.8 Å². The van der Waals surface area contributed by atoms with E-state index in [2.05, 4.69) is 21.2 Å². The third-order valence-corrected chi connectivity index (χ3v) is 7.48. The predicted molar refractivity (Wildman–Crippen MR) is 128 cm³/mol. The van der Waals surface area contributed by atoms with Crippen LogP contribution < -0.4 is 0 Å². The number of carbonyl (C=O) groups excluding carboxylic acids is 1. The summed E-state index contributed by atoms with van der Waals surface area (Å²) in [5.74, 6) is 1.04. The van der Waals surface area contributed by atoms with E-state index in [-0.39, 0.29) is 17.7 Å². The van der Waals surface area contributed by atoms with Crippen LogP contribution >= 0.6 is 34.7 Å². The molecule has 6 nitrogen and oxygen atoms in total. The summed E-state index contributed by atoms with van der Waals surface area (Å²) >= 11 is 9.14. The third-order valence-electron chi connectivity index (χ3n) is 5.08. The Hall–Kier alpha value is -2.42. The molecule has 0 aliphatic rings. The number of fused-ring (bicyclic) bond motifs is 1. The first-order chi connectivity index (χ1) is 15.0. The molecule has 0 spiro atoms. The van der Waals surface area contributed by atoms with Crippen LogP contribution in [0.2, 0.25) is 5.02 Å². The van der Waals surface area contributed by atoms with Gasteiger partial charge in [0.25, 0.3) is 0 Å². The quantitative estimate of drug-likeness (QED) is 0.331. The van der Waals surface area contributed by atoms with Crippen LogP contribution in [0.5, 0.6) is 0 Å². The Morgan fingerprint density at radius 3 is 2.77 bits per heavy atom. The molecule has 2 aromatic carbocycles. The Morgan fingerprint density at radius 1 is 1.23 bits per heavy atom. The smallest absolute Gasteiger partial charge is 0.233 e. The normalized spacial score (nSPS) is 12.3. The molecule has 2 heterocycles. The second-order valence-electron chi connectivity index (χ2n) is 7.05. The van der Waals surface area contributed by atoms with Crippen molar-refractivity contribution in [3.63, 3.8) is 0 Å². The van der Waals surface area contributed by atoms with Gasteiger partial charge >= 0.3 is 0 Å². The first kappa shape index (κ1) is 21.8. The zero-order valence-electron chi connectivity index (χ0n) is 17.4. The summed E-state index contributed by atoms with van der Waals surface area (Å²) in [6.07, 6.45) is 0. The second kappa shape index (κ2) is 9.38. The average molecular weight is 472 g/mol. The van der Waals surface area contributed by atoms with Crippen LogP contribution in [-0.4, -0.2) is 43.4 Å². The molecule has 0 aliphatic carbocycles.